The van der Waals surface area contributed by atoms with Gasteiger partial charge in [0, 0.05) is 0 Å². The average molecular weight is 425 g/mol. The van der Waals surface area contributed by atoms with Crippen molar-refractivity contribution in [2.24, 2.45) is 5.10 Å². The normalized spacial score (nSPS) is 19.9. The standard InChI is InChI=1S/C21H20FN5O4/c1-31-21(30)15-4-2-3-5-16(15)24-19(28)11-26-20(29)18-10-17(25-27(18)12-23-26)13-6-8-14(22)9-7-13/h2-9,12,17-18,25H,10-11H2,1H3,(H,24,28). The number of anilines is 1. The SMILES string of the molecule is COC(=O)c1ccccc1NC(=O)CN1N=CN2NC(c3ccc(F)cc3)CC2C1=O. The van der Waals surface area contributed by atoms with Gasteiger partial charge in [-0.3, -0.25) is 14.6 Å². The van der Waals surface area contributed by atoms with Gasteiger partial charge in [-0.15, -0.1) is 0 Å². The third-order valence-corrected chi connectivity index (χ3v) is 5.13. The largest absolute Gasteiger partial charge is 0.465 e. The lowest BCUT2D eigenvalue weighted by atomic mass is 10.0. The van der Waals surface area contributed by atoms with Crippen molar-refractivity contribution in [3.63, 3.8) is 0 Å². The van der Waals surface area contributed by atoms with Crippen molar-refractivity contribution in [3.8, 4) is 0 Å². The van der Waals surface area contributed by atoms with E-state index in [0.29, 0.717) is 6.42 Å². The number of hydrogen-bond acceptors (Lipinski definition) is 7. The molecule has 0 aromatic heterocycles. The van der Waals surface area contributed by atoms with Crippen LogP contribution in [0.5, 0.6) is 0 Å². The molecule has 2 unspecified atom stereocenters. The number of nitrogens with zero attached hydrogens (tertiary/aromatic N) is 3. The van der Waals surface area contributed by atoms with Crippen molar-refractivity contribution in [2.45, 2.75) is 18.5 Å². The Kier molecular flexibility index (Phi) is 5.63. The first-order valence-electron chi connectivity index (χ1n) is 9.59. The number of hydrogen-bond donors (Lipinski definition) is 2. The van der Waals surface area contributed by atoms with E-state index in [1.807, 2.05) is 0 Å². The Morgan fingerprint density at radius 1 is 1.23 bits per heavy atom. The third kappa shape index (κ3) is 4.24. The number of carbonyl (C=O) groups is 3. The van der Waals surface area contributed by atoms with Crippen molar-refractivity contribution in [1.29, 1.82) is 0 Å². The van der Waals surface area contributed by atoms with Crippen molar-refractivity contribution in [1.82, 2.24) is 15.4 Å². The van der Waals surface area contributed by atoms with Crippen LogP contribution in [0.15, 0.2) is 53.6 Å². The van der Waals surface area contributed by atoms with Gasteiger partial charge in [0.1, 0.15) is 24.7 Å². The number of ether oxygens (including phenoxy) is 1. The molecule has 2 N–H and O–H groups in total. The van der Waals surface area contributed by atoms with E-state index < -0.39 is 17.9 Å². The monoisotopic (exact) mass is 425 g/mol. The van der Waals surface area contributed by atoms with Crippen LogP contribution in [0, 0.1) is 5.82 Å². The minimum Gasteiger partial charge on any atom is -0.465 e. The first-order valence-corrected chi connectivity index (χ1v) is 9.59. The molecular formula is C21H20FN5O4. The molecule has 0 radical (unpaired) electrons. The molecule has 2 aliphatic rings. The number of nitrogens with one attached hydrogen (secondary N) is 2. The van der Waals surface area contributed by atoms with Crippen LogP contribution < -0.4 is 10.7 Å². The number of fused-ring (bicyclic) bond motifs is 1. The molecule has 10 heteroatoms. The van der Waals surface area contributed by atoms with Crippen molar-refractivity contribution in [3.05, 3.63) is 65.5 Å². The summed E-state index contributed by atoms with van der Waals surface area (Å²) in [5, 5.41) is 9.37. The maximum atomic E-state index is 13.2. The Hall–Kier alpha value is -3.79. The van der Waals surface area contributed by atoms with Crippen LogP contribution in [-0.4, -0.2) is 53.8 Å². The fourth-order valence-corrected chi connectivity index (χ4v) is 3.57. The molecule has 0 saturated carbocycles. The molecule has 4 rings (SSSR count). The molecular weight excluding hydrogens is 405 g/mol. The highest BCUT2D eigenvalue weighted by atomic mass is 19.1. The Morgan fingerprint density at radius 2 is 1.97 bits per heavy atom. The summed E-state index contributed by atoms with van der Waals surface area (Å²) in [6.45, 7) is -0.309. The quantitative estimate of drug-likeness (QED) is 0.707. The van der Waals surface area contributed by atoms with Crippen LogP contribution in [0.1, 0.15) is 28.4 Å². The number of rotatable bonds is 5. The molecule has 31 heavy (non-hydrogen) atoms. The van der Waals surface area contributed by atoms with Gasteiger partial charge in [0.25, 0.3) is 5.91 Å². The predicted molar refractivity (Wildman–Crippen MR) is 109 cm³/mol. The molecule has 1 fully saturated rings. The van der Waals surface area contributed by atoms with E-state index in [1.54, 1.807) is 35.3 Å². The Labute approximate surface area is 177 Å². The van der Waals surface area contributed by atoms with Gasteiger partial charge in [-0.25, -0.2) is 19.6 Å². The third-order valence-electron chi connectivity index (χ3n) is 5.13. The molecule has 2 atom stereocenters. The number of hydrazone groups is 1. The van der Waals surface area contributed by atoms with Gasteiger partial charge < -0.3 is 10.1 Å². The maximum Gasteiger partial charge on any atom is 0.339 e. The van der Waals surface area contributed by atoms with Gasteiger partial charge in [0.15, 0.2) is 0 Å². The van der Waals surface area contributed by atoms with Crippen LogP contribution in [0.4, 0.5) is 10.1 Å². The molecule has 2 heterocycles. The molecule has 2 amide bonds. The van der Waals surface area contributed by atoms with Gasteiger partial charge in [0.2, 0.25) is 5.91 Å². The molecule has 2 aliphatic heterocycles. The van der Waals surface area contributed by atoms with E-state index in [1.165, 1.54) is 31.6 Å². The number of carbonyl (C=O) groups excluding carboxylic acids is 3. The van der Waals surface area contributed by atoms with Gasteiger partial charge in [0.05, 0.1) is 24.4 Å². The molecule has 0 spiro atoms. The predicted octanol–water partition coefficient (Wildman–Crippen LogP) is 1.66. The summed E-state index contributed by atoms with van der Waals surface area (Å²) in [4.78, 5) is 37.2. The first kappa shape index (κ1) is 20.5. The number of amides is 2. The molecule has 160 valence electrons. The number of benzene rings is 2. The zero-order chi connectivity index (χ0) is 22.0. The van der Waals surface area contributed by atoms with Crippen LogP contribution in [0.2, 0.25) is 0 Å². The number of methoxy groups -OCH3 is 1. The van der Waals surface area contributed by atoms with Gasteiger partial charge >= 0.3 is 5.97 Å². The van der Waals surface area contributed by atoms with Crippen LogP contribution in [0.3, 0.4) is 0 Å². The van der Waals surface area contributed by atoms with Gasteiger partial charge in [-0.1, -0.05) is 24.3 Å². The lowest BCUT2D eigenvalue weighted by Gasteiger charge is -2.29. The smallest absolute Gasteiger partial charge is 0.339 e. The van der Waals surface area contributed by atoms with E-state index in [-0.39, 0.29) is 35.6 Å². The minimum absolute atomic E-state index is 0.179. The summed E-state index contributed by atoms with van der Waals surface area (Å²) in [6.07, 6.45) is 1.89. The molecule has 0 aliphatic carbocycles. The van der Waals surface area contributed by atoms with Gasteiger partial charge in [-0.05, 0) is 36.2 Å². The highest BCUT2D eigenvalue weighted by Gasteiger charge is 2.41. The summed E-state index contributed by atoms with van der Waals surface area (Å²) in [5.41, 5.74) is 4.50. The van der Waals surface area contributed by atoms with Crippen molar-refractivity contribution >= 4 is 29.8 Å². The topological polar surface area (TPSA) is 103 Å². The van der Waals surface area contributed by atoms with E-state index in [0.717, 1.165) is 10.6 Å². The Bertz CT molecular complexity index is 1040. The summed E-state index contributed by atoms with van der Waals surface area (Å²) >= 11 is 0. The van der Waals surface area contributed by atoms with Crippen LogP contribution in [-0.2, 0) is 14.3 Å². The van der Waals surface area contributed by atoms with E-state index in [4.69, 9.17) is 4.74 Å². The number of para-hydroxylation sites is 1. The molecule has 2 aromatic carbocycles. The van der Waals surface area contributed by atoms with Crippen molar-refractivity contribution < 1.29 is 23.5 Å². The van der Waals surface area contributed by atoms with E-state index >= 15 is 0 Å². The second-order valence-electron chi connectivity index (χ2n) is 7.10. The van der Waals surface area contributed by atoms with Crippen molar-refractivity contribution in [2.75, 3.05) is 19.0 Å². The molecule has 0 bridgehead atoms. The van der Waals surface area contributed by atoms with E-state index in [2.05, 4.69) is 15.8 Å². The second kappa shape index (κ2) is 8.52. The fraction of sp³-hybridized carbons (Fsp3) is 0.238. The maximum absolute atomic E-state index is 13.2. The fourth-order valence-electron chi connectivity index (χ4n) is 3.57. The Balaban J connectivity index is 1.41. The first-order chi connectivity index (χ1) is 15.0. The highest BCUT2D eigenvalue weighted by Crippen LogP contribution is 2.29. The summed E-state index contributed by atoms with van der Waals surface area (Å²) in [5.74, 6) is -1.75. The lowest BCUT2D eigenvalue weighted by molar-refractivity contribution is -0.139. The minimum atomic E-state index is -0.581. The van der Waals surface area contributed by atoms with E-state index in [9.17, 15) is 18.8 Å². The Morgan fingerprint density at radius 3 is 2.71 bits per heavy atom. The zero-order valence-electron chi connectivity index (χ0n) is 16.6. The zero-order valence-corrected chi connectivity index (χ0v) is 16.6. The second-order valence-corrected chi connectivity index (χ2v) is 7.10. The van der Waals surface area contributed by atoms with Crippen LogP contribution in [0.25, 0.3) is 0 Å². The molecule has 1 saturated heterocycles. The molecule has 9 nitrogen and oxygen atoms in total. The highest BCUT2D eigenvalue weighted by molar-refractivity contribution is 6.02. The number of esters is 1. The number of hydrazine groups is 1. The summed E-state index contributed by atoms with van der Waals surface area (Å²) < 4.78 is 17.9. The van der Waals surface area contributed by atoms with Gasteiger partial charge in [-0.2, -0.15) is 5.10 Å². The lowest BCUT2D eigenvalue weighted by Crippen LogP contribution is -2.52. The summed E-state index contributed by atoms with van der Waals surface area (Å²) in [6, 6.07) is 11.8. The number of halogens is 1. The molecule has 2 aromatic rings. The summed E-state index contributed by atoms with van der Waals surface area (Å²) in [7, 11) is 1.25. The average Bonchev–Trinajstić information content (AvgIpc) is 3.21. The van der Waals surface area contributed by atoms with Crippen LogP contribution >= 0.6 is 0 Å².